The van der Waals surface area contributed by atoms with Crippen LogP contribution in [-0.2, 0) is 9.53 Å². The zero-order valence-electron chi connectivity index (χ0n) is 14.5. The molecule has 1 heterocycles. The third-order valence-electron chi connectivity index (χ3n) is 4.20. The number of rotatable bonds is 4. The molecule has 0 aromatic heterocycles. The predicted molar refractivity (Wildman–Crippen MR) is 108 cm³/mol. The van der Waals surface area contributed by atoms with Crippen LogP contribution in [-0.4, -0.2) is 17.7 Å². The average molecular weight is 387 g/mol. The van der Waals surface area contributed by atoms with E-state index in [4.69, 9.17) is 28.6 Å². The number of esters is 1. The van der Waals surface area contributed by atoms with Crippen LogP contribution in [0.15, 0.2) is 65.9 Å². The van der Waals surface area contributed by atoms with Gasteiger partial charge in [0.2, 0.25) is 0 Å². The molecular formula is C20H19ClN2O2S. The fourth-order valence-corrected chi connectivity index (χ4v) is 3.50. The van der Waals surface area contributed by atoms with Crippen LogP contribution in [0.4, 0.5) is 5.69 Å². The number of allylic oxidation sites excluding steroid dienone is 1. The second-order valence-corrected chi connectivity index (χ2v) is 6.65. The molecule has 2 aromatic rings. The van der Waals surface area contributed by atoms with E-state index in [1.165, 1.54) is 0 Å². The molecule has 1 aliphatic heterocycles. The number of hydrogen-bond donors (Lipinski definition) is 1. The SMILES string of the molecule is CCOC(=O)C1=C(C)N(c2ccccc2)C(=S)N[C@@H]1c1ccc(Cl)cc1. The Balaban J connectivity index is 2.11. The first-order chi connectivity index (χ1) is 12.5. The van der Waals surface area contributed by atoms with Gasteiger partial charge in [-0.2, -0.15) is 0 Å². The van der Waals surface area contributed by atoms with Gasteiger partial charge in [-0.15, -0.1) is 0 Å². The highest BCUT2D eigenvalue weighted by Crippen LogP contribution is 2.34. The van der Waals surface area contributed by atoms with Gasteiger partial charge < -0.3 is 10.1 Å². The fraction of sp³-hybridized carbons (Fsp3) is 0.200. The first-order valence-electron chi connectivity index (χ1n) is 8.32. The zero-order chi connectivity index (χ0) is 18.7. The molecule has 0 saturated heterocycles. The highest BCUT2D eigenvalue weighted by atomic mass is 35.5. The fourth-order valence-electron chi connectivity index (χ4n) is 3.01. The van der Waals surface area contributed by atoms with Crippen molar-refractivity contribution in [3.05, 3.63) is 76.5 Å². The molecular weight excluding hydrogens is 368 g/mol. The topological polar surface area (TPSA) is 41.6 Å². The first-order valence-corrected chi connectivity index (χ1v) is 9.10. The Labute approximate surface area is 163 Å². The van der Waals surface area contributed by atoms with Gasteiger partial charge >= 0.3 is 5.97 Å². The van der Waals surface area contributed by atoms with Crippen molar-refractivity contribution in [3.63, 3.8) is 0 Å². The molecule has 2 aromatic carbocycles. The van der Waals surface area contributed by atoms with Crippen molar-refractivity contribution in [1.82, 2.24) is 5.32 Å². The zero-order valence-corrected chi connectivity index (χ0v) is 16.1. The van der Waals surface area contributed by atoms with Crippen LogP contribution >= 0.6 is 23.8 Å². The summed E-state index contributed by atoms with van der Waals surface area (Å²) in [7, 11) is 0. The van der Waals surface area contributed by atoms with E-state index >= 15 is 0 Å². The Morgan fingerprint density at radius 3 is 2.46 bits per heavy atom. The van der Waals surface area contributed by atoms with Gasteiger partial charge in [-0.05, 0) is 55.9 Å². The van der Waals surface area contributed by atoms with Gasteiger partial charge in [0, 0.05) is 16.4 Å². The number of carbonyl (C=O) groups excluding carboxylic acids is 1. The lowest BCUT2D eigenvalue weighted by atomic mass is 9.95. The lowest BCUT2D eigenvalue weighted by Gasteiger charge is -2.37. The van der Waals surface area contributed by atoms with Crippen LogP contribution in [0, 0.1) is 0 Å². The maximum absolute atomic E-state index is 12.7. The standard InChI is InChI=1S/C20H19ClN2O2S/c1-3-25-19(24)17-13(2)23(16-7-5-4-6-8-16)20(26)22-18(17)14-9-11-15(21)12-10-14/h4-12,18H,3H2,1-2H3,(H,22,26)/t18-/m1/s1. The minimum Gasteiger partial charge on any atom is -0.463 e. The van der Waals surface area contributed by atoms with E-state index in [0.29, 0.717) is 22.3 Å². The summed E-state index contributed by atoms with van der Waals surface area (Å²) in [6, 6.07) is 16.7. The van der Waals surface area contributed by atoms with Gasteiger partial charge in [-0.1, -0.05) is 41.9 Å². The highest BCUT2D eigenvalue weighted by molar-refractivity contribution is 7.80. The average Bonchev–Trinajstić information content (AvgIpc) is 2.63. The number of ether oxygens (including phenoxy) is 1. The number of nitrogens with zero attached hydrogens (tertiary/aromatic N) is 1. The maximum Gasteiger partial charge on any atom is 0.338 e. The van der Waals surface area contributed by atoms with E-state index in [2.05, 4.69) is 5.32 Å². The molecule has 26 heavy (non-hydrogen) atoms. The third-order valence-corrected chi connectivity index (χ3v) is 4.75. The molecule has 0 fully saturated rings. The quantitative estimate of drug-likeness (QED) is 0.613. The van der Waals surface area contributed by atoms with Crippen molar-refractivity contribution in [2.24, 2.45) is 0 Å². The van der Waals surface area contributed by atoms with Gasteiger partial charge in [0.1, 0.15) is 0 Å². The molecule has 0 radical (unpaired) electrons. The van der Waals surface area contributed by atoms with Crippen LogP contribution in [0.1, 0.15) is 25.5 Å². The monoisotopic (exact) mass is 386 g/mol. The second-order valence-electron chi connectivity index (χ2n) is 5.82. The Bertz CT molecular complexity index is 850. The molecule has 0 unspecified atom stereocenters. The summed E-state index contributed by atoms with van der Waals surface area (Å²) in [5.41, 5.74) is 3.07. The van der Waals surface area contributed by atoms with E-state index in [1.807, 2.05) is 54.3 Å². The van der Waals surface area contributed by atoms with Crippen molar-refractivity contribution < 1.29 is 9.53 Å². The van der Waals surface area contributed by atoms with E-state index in [9.17, 15) is 4.79 Å². The minimum absolute atomic E-state index is 0.304. The van der Waals surface area contributed by atoms with Gasteiger partial charge in [-0.3, -0.25) is 4.90 Å². The molecule has 4 nitrogen and oxygen atoms in total. The molecule has 1 N–H and O–H groups in total. The Kier molecular flexibility index (Phi) is 5.59. The van der Waals surface area contributed by atoms with E-state index in [0.717, 1.165) is 16.9 Å². The van der Waals surface area contributed by atoms with E-state index < -0.39 is 6.04 Å². The molecule has 1 aliphatic rings. The van der Waals surface area contributed by atoms with Crippen LogP contribution in [0.2, 0.25) is 5.02 Å². The molecule has 1 atom stereocenters. The lowest BCUT2D eigenvalue weighted by Crippen LogP contribution is -2.48. The number of para-hydroxylation sites is 1. The normalized spacial score (nSPS) is 17.1. The Morgan fingerprint density at radius 1 is 1.19 bits per heavy atom. The summed E-state index contributed by atoms with van der Waals surface area (Å²) in [5, 5.41) is 4.44. The second kappa shape index (κ2) is 7.89. The Morgan fingerprint density at radius 2 is 1.85 bits per heavy atom. The molecule has 0 bridgehead atoms. The minimum atomic E-state index is -0.390. The molecule has 3 rings (SSSR count). The predicted octanol–water partition coefficient (Wildman–Crippen LogP) is 4.61. The number of carbonyl (C=O) groups is 1. The summed E-state index contributed by atoms with van der Waals surface area (Å²) in [6.07, 6.45) is 0. The van der Waals surface area contributed by atoms with Crippen molar-refractivity contribution in [3.8, 4) is 0 Å². The number of anilines is 1. The summed E-state index contributed by atoms with van der Waals surface area (Å²) in [4.78, 5) is 14.6. The number of nitrogens with one attached hydrogen (secondary N) is 1. The van der Waals surface area contributed by atoms with Crippen LogP contribution in [0.3, 0.4) is 0 Å². The molecule has 0 saturated carbocycles. The number of hydrogen-bond acceptors (Lipinski definition) is 3. The van der Waals surface area contributed by atoms with Gasteiger partial charge in [0.25, 0.3) is 0 Å². The number of thiocarbonyl (C=S) groups is 1. The van der Waals surface area contributed by atoms with Crippen molar-refractivity contribution in [2.45, 2.75) is 19.9 Å². The molecule has 0 aliphatic carbocycles. The molecule has 0 spiro atoms. The van der Waals surface area contributed by atoms with Crippen molar-refractivity contribution in [1.29, 1.82) is 0 Å². The van der Waals surface area contributed by atoms with Gasteiger partial charge in [0.15, 0.2) is 5.11 Å². The highest BCUT2D eigenvalue weighted by Gasteiger charge is 2.35. The number of halogens is 1. The summed E-state index contributed by atoms with van der Waals surface area (Å²) in [5.74, 6) is -0.360. The summed E-state index contributed by atoms with van der Waals surface area (Å²) >= 11 is 11.6. The third kappa shape index (κ3) is 3.59. The van der Waals surface area contributed by atoms with Crippen LogP contribution in [0.5, 0.6) is 0 Å². The molecule has 0 amide bonds. The number of benzene rings is 2. The van der Waals surface area contributed by atoms with Gasteiger partial charge in [-0.25, -0.2) is 4.79 Å². The largest absolute Gasteiger partial charge is 0.463 e. The lowest BCUT2D eigenvalue weighted by molar-refractivity contribution is -0.139. The Hall–Kier alpha value is -2.37. The van der Waals surface area contributed by atoms with Crippen molar-refractivity contribution in [2.75, 3.05) is 11.5 Å². The molecule has 6 heteroatoms. The van der Waals surface area contributed by atoms with Crippen LogP contribution < -0.4 is 10.2 Å². The van der Waals surface area contributed by atoms with Crippen LogP contribution in [0.25, 0.3) is 0 Å². The van der Waals surface area contributed by atoms with E-state index in [-0.39, 0.29) is 5.97 Å². The smallest absolute Gasteiger partial charge is 0.338 e. The molecule has 134 valence electrons. The maximum atomic E-state index is 12.7. The van der Waals surface area contributed by atoms with E-state index in [1.54, 1.807) is 19.1 Å². The summed E-state index contributed by atoms with van der Waals surface area (Å²) < 4.78 is 5.31. The van der Waals surface area contributed by atoms with Crippen molar-refractivity contribution >= 4 is 40.6 Å². The summed E-state index contributed by atoms with van der Waals surface area (Å²) in [6.45, 7) is 3.98. The van der Waals surface area contributed by atoms with Gasteiger partial charge in [0.05, 0.1) is 18.2 Å². The first kappa shape index (κ1) is 18.4.